The summed E-state index contributed by atoms with van der Waals surface area (Å²) in [6.07, 6.45) is -4.73. The quantitative estimate of drug-likeness (QED) is 0.641. The van der Waals surface area contributed by atoms with Crippen LogP contribution in [-0.4, -0.2) is 35.0 Å². The van der Waals surface area contributed by atoms with Crippen molar-refractivity contribution in [2.75, 3.05) is 18.4 Å². The van der Waals surface area contributed by atoms with Gasteiger partial charge in [-0.15, -0.1) is 0 Å². The summed E-state index contributed by atoms with van der Waals surface area (Å²) in [5.41, 5.74) is -0.435. The van der Waals surface area contributed by atoms with Crippen molar-refractivity contribution in [3.05, 3.63) is 35.4 Å². The molecule has 1 amide bonds. The summed E-state index contributed by atoms with van der Waals surface area (Å²) < 4.78 is 43.4. The van der Waals surface area contributed by atoms with E-state index in [1.165, 1.54) is 12.1 Å². The van der Waals surface area contributed by atoms with E-state index in [-0.39, 0.29) is 17.9 Å². The fraction of sp³-hybridized carbons (Fsp3) is 0.588. The highest BCUT2D eigenvalue weighted by molar-refractivity contribution is 9.09. The molecule has 0 bridgehead atoms. The van der Waals surface area contributed by atoms with Gasteiger partial charge in [0.2, 0.25) is 0 Å². The van der Waals surface area contributed by atoms with Gasteiger partial charge in [-0.2, -0.15) is 13.2 Å². The molecule has 0 aliphatic carbocycles. The summed E-state index contributed by atoms with van der Waals surface area (Å²) in [4.78, 5) is 13.8. The molecule has 2 atom stereocenters. The van der Waals surface area contributed by atoms with E-state index in [2.05, 4.69) is 15.9 Å². The van der Waals surface area contributed by atoms with Gasteiger partial charge in [0.25, 0.3) is 0 Å². The summed E-state index contributed by atoms with van der Waals surface area (Å²) >= 11 is 3.44. The lowest BCUT2D eigenvalue weighted by Crippen LogP contribution is -2.35. The minimum Gasteiger partial charge on any atom is -0.444 e. The molecule has 1 fully saturated rings. The smallest absolute Gasteiger partial charge is 0.416 e. The SMILES string of the molecule is CC(C)(C)OC(=O)N1C[C@@H](CBr)[C@H](c2ccc(C(F)(F)F)cc2)C1. The zero-order valence-electron chi connectivity index (χ0n) is 13.9. The monoisotopic (exact) mass is 407 g/mol. The maximum absolute atomic E-state index is 12.7. The van der Waals surface area contributed by atoms with Crippen molar-refractivity contribution in [3.8, 4) is 0 Å². The van der Waals surface area contributed by atoms with Crippen LogP contribution in [0.5, 0.6) is 0 Å². The molecule has 1 saturated heterocycles. The van der Waals surface area contributed by atoms with Crippen LogP contribution in [0.4, 0.5) is 18.0 Å². The first-order chi connectivity index (χ1) is 11.0. The fourth-order valence-electron chi connectivity index (χ4n) is 2.80. The molecule has 0 radical (unpaired) electrons. The standard InChI is InChI=1S/C17H21BrF3NO2/c1-16(2,3)24-15(23)22-9-12(8-18)14(10-22)11-4-6-13(7-5-11)17(19,20)21/h4-7,12,14H,8-10H2,1-3H3/t12-,14+/m1/s1. The molecule has 0 unspecified atom stereocenters. The molecule has 3 nitrogen and oxygen atoms in total. The highest BCUT2D eigenvalue weighted by atomic mass is 79.9. The second kappa shape index (κ2) is 6.94. The number of amides is 1. The number of carbonyl (C=O) groups excluding carboxylic acids is 1. The number of rotatable bonds is 2. The molecule has 134 valence electrons. The summed E-state index contributed by atoms with van der Waals surface area (Å²) in [5.74, 6) is 0.119. The van der Waals surface area contributed by atoms with Crippen molar-refractivity contribution in [3.63, 3.8) is 0 Å². The van der Waals surface area contributed by atoms with Crippen LogP contribution < -0.4 is 0 Å². The molecule has 24 heavy (non-hydrogen) atoms. The average molecular weight is 408 g/mol. The number of carbonyl (C=O) groups is 1. The van der Waals surface area contributed by atoms with Gasteiger partial charge in [-0.3, -0.25) is 0 Å². The van der Waals surface area contributed by atoms with Crippen molar-refractivity contribution in [1.29, 1.82) is 0 Å². The summed E-state index contributed by atoms with van der Waals surface area (Å²) in [7, 11) is 0. The van der Waals surface area contributed by atoms with E-state index in [1.54, 1.807) is 25.7 Å². The Balaban J connectivity index is 2.14. The molecule has 0 saturated carbocycles. The molecule has 7 heteroatoms. The zero-order chi connectivity index (χ0) is 18.1. The van der Waals surface area contributed by atoms with Crippen molar-refractivity contribution < 1.29 is 22.7 Å². The lowest BCUT2D eigenvalue weighted by molar-refractivity contribution is -0.137. The number of halogens is 4. The molecule has 0 spiro atoms. The Bertz CT molecular complexity index is 581. The second-order valence-electron chi connectivity index (χ2n) is 7.03. The third-order valence-electron chi connectivity index (χ3n) is 3.96. The first-order valence-electron chi connectivity index (χ1n) is 7.72. The third kappa shape index (κ3) is 4.65. The van der Waals surface area contributed by atoms with E-state index in [4.69, 9.17) is 4.74 Å². The Kier molecular flexibility index (Phi) is 5.52. The Morgan fingerprint density at radius 1 is 1.21 bits per heavy atom. The highest BCUT2D eigenvalue weighted by Gasteiger charge is 2.38. The molecule has 1 aliphatic heterocycles. The summed E-state index contributed by atoms with van der Waals surface area (Å²) in [6, 6.07) is 5.19. The maximum Gasteiger partial charge on any atom is 0.416 e. The number of hydrogen-bond donors (Lipinski definition) is 0. The van der Waals surface area contributed by atoms with Crippen molar-refractivity contribution in [2.45, 2.75) is 38.5 Å². The van der Waals surface area contributed by atoms with Gasteiger partial charge in [0.1, 0.15) is 5.60 Å². The molecular weight excluding hydrogens is 387 g/mol. The molecule has 1 aromatic rings. The Labute approximate surface area is 148 Å². The Morgan fingerprint density at radius 3 is 2.25 bits per heavy atom. The van der Waals surface area contributed by atoms with Gasteiger partial charge in [-0.05, 0) is 44.4 Å². The van der Waals surface area contributed by atoms with Crippen LogP contribution in [-0.2, 0) is 10.9 Å². The number of benzene rings is 1. The van der Waals surface area contributed by atoms with Gasteiger partial charge in [-0.25, -0.2) is 4.79 Å². The minimum absolute atomic E-state index is 0.0147. The van der Waals surface area contributed by atoms with Crippen LogP contribution >= 0.6 is 15.9 Å². The Morgan fingerprint density at radius 2 is 1.79 bits per heavy atom. The van der Waals surface area contributed by atoms with Gasteiger partial charge < -0.3 is 9.64 Å². The lowest BCUT2D eigenvalue weighted by atomic mass is 9.90. The molecule has 1 heterocycles. The lowest BCUT2D eigenvalue weighted by Gasteiger charge is -2.24. The van der Waals surface area contributed by atoms with Crippen molar-refractivity contribution >= 4 is 22.0 Å². The highest BCUT2D eigenvalue weighted by Crippen LogP contribution is 2.36. The molecule has 1 aliphatic rings. The van der Waals surface area contributed by atoms with Crippen LogP contribution in [0.3, 0.4) is 0 Å². The molecule has 0 aromatic heterocycles. The van der Waals surface area contributed by atoms with E-state index in [0.29, 0.717) is 18.4 Å². The second-order valence-corrected chi connectivity index (χ2v) is 7.67. The van der Waals surface area contributed by atoms with Crippen molar-refractivity contribution in [1.82, 2.24) is 4.90 Å². The van der Waals surface area contributed by atoms with Crippen LogP contribution in [0.25, 0.3) is 0 Å². The van der Waals surface area contributed by atoms with Gasteiger partial charge >= 0.3 is 12.3 Å². The number of ether oxygens (including phenoxy) is 1. The van der Waals surface area contributed by atoms with E-state index in [1.807, 2.05) is 0 Å². The summed E-state index contributed by atoms with van der Waals surface area (Å²) in [5, 5.41) is 0.665. The van der Waals surface area contributed by atoms with E-state index in [9.17, 15) is 18.0 Å². The van der Waals surface area contributed by atoms with Gasteiger partial charge in [-0.1, -0.05) is 28.1 Å². The van der Waals surface area contributed by atoms with Gasteiger partial charge in [0.05, 0.1) is 5.56 Å². The summed E-state index contributed by atoms with van der Waals surface area (Å²) in [6.45, 7) is 6.37. The predicted molar refractivity (Wildman–Crippen MR) is 89.3 cm³/mol. The number of likely N-dealkylation sites (tertiary alicyclic amines) is 1. The van der Waals surface area contributed by atoms with Crippen molar-refractivity contribution in [2.24, 2.45) is 5.92 Å². The number of hydrogen-bond acceptors (Lipinski definition) is 2. The third-order valence-corrected chi connectivity index (χ3v) is 4.79. The van der Waals surface area contributed by atoms with Gasteiger partial charge in [0, 0.05) is 24.3 Å². The zero-order valence-corrected chi connectivity index (χ0v) is 15.4. The minimum atomic E-state index is -4.34. The molecule has 2 rings (SSSR count). The maximum atomic E-state index is 12.7. The first kappa shape index (κ1) is 19.1. The largest absolute Gasteiger partial charge is 0.444 e. The van der Waals surface area contributed by atoms with Crippen LogP contribution in [0.1, 0.15) is 37.8 Å². The number of alkyl halides is 4. The van der Waals surface area contributed by atoms with E-state index >= 15 is 0 Å². The molecule has 1 aromatic carbocycles. The Hall–Kier alpha value is -1.24. The average Bonchev–Trinajstić information content (AvgIpc) is 2.89. The van der Waals surface area contributed by atoms with Crippen LogP contribution in [0, 0.1) is 5.92 Å². The van der Waals surface area contributed by atoms with Crippen LogP contribution in [0.15, 0.2) is 24.3 Å². The molecule has 0 N–H and O–H groups in total. The predicted octanol–water partition coefficient (Wildman–Crippen LogP) is 5.05. The topological polar surface area (TPSA) is 29.5 Å². The molecular formula is C17H21BrF3NO2. The van der Waals surface area contributed by atoms with Crippen LogP contribution in [0.2, 0.25) is 0 Å². The first-order valence-corrected chi connectivity index (χ1v) is 8.84. The number of nitrogens with zero attached hydrogens (tertiary/aromatic N) is 1. The fourth-order valence-corrected chi connectivity index (χ4v) is 3.46. The van der Waals surface area contributed by atoms with E-state index < -0.39 is 17.3 Å². The van der Waals surface area contributed by atoms with Gasteiger partial charge in [0.15, 0.2) is 0 Å². The van der Waals surface area contributed by atoms with E-state index in [0.717, 1.165) is 17.7 Å². The normalized spacial score (nSPS) is 21.9.